The second-order valence-corrected chi connectivity index (χ2v) is 4.81. The van der Waals surface area contributed by atoms with Crippen LogP contribution in [0.3, 0.4) is 0 Å². The molecule has 1 aromatic carbocycles. The van der Waals surface area contributed by atoms with Gasteiger partial charge in [0, 0.05) is 5.92 Å². The molecule has 2 nitrogen and oxygen atoms in total. The number of benzene rings is 1. The molecule has 1 aliphatic rings. The highest BCUT2D eigenvalue weighted by Crippen LogP contribution is 2.29. The van der Waals surface area contributed by atoms with Crippen molar-refractivity contribution in [2.45, 2.75) is 44.3 Å². The lowest BCUT2D eigenvalue weighted by Gasteiger charge is -2.19. The summed E-state index contributed by atoms with van der Waals surface area (Å²) in [6, 6.07) is 6.37. The van der Waals surface area contributed by atoms with Crippen LogP contribution < -0.4 is 0 Å². The normalized spacial score (nSPS) is 26.1. The third-order valence-electron chi connectivity index (χ3n) is 3.43. The fraction of sp³-hybridized carbons (Fsp3) is 0.571. The summed E-state index contributed by atoms with van der Waals surface area (Å²) in [6.45, 7) is 2.16. The fourth-order valence-electron chi connectivity index (χ4n) is 2.43. The van der Waals surface area contributed by atoms with E-state index in [0.717, 1.165) is 24.8 Å². The van der Waals surface area contributed by atoms with E-state index in [0.29, 0.717) is 6.10 Å². The number of aliphatic hydroxyl groups is 1. The zero-order valence-corrected chi connectivity index (χ0v) is 10.1. The maximum Gasteiger partial charge on any atom is 0.123 e. The summed E-state index contributed by atoms with van der Waals surface area (Å²) in [6.07, 6.45) is 3.51. The Bertz CT molecular complexity index is 350. The molecule has 1 fully saturated rings. The van der Waals surface area contributed by atoms with Gasteiger partial charge in [0.1, 0.15) is 5.82 Å². The molecule has 0 radical (unpaired) electrons. The monoisotopic (exact) mass is 238 g/mol. The molecule has 3 atom stereocenters. The van der Waals surface area contributed by atoms with Crippen LogP contribution in [-0.2, 0) is 4.74 Å². The van der Waals surface area contributed by atoms with Crippen molar-refractivity contribution in [2.24, 2.45) is 0 Å². The summed E-state index contributed by atoms with van der Waals surface area (Å²) in [5.41, 5.74) is 0.983. The van der Waals surface area contributed by atoms with Crippen LogP contribution in [0.2, 0.25) is 0 Å². The second kappa shape index (κ2) is 5.61. The molecule has 0 aliphatic carbocycles. The molecule has 0 saturated carbocycles. The number of rotatable bonds is 4. The van der Waals surface area contributed by atoms with Gasteiger partial charge >= 0.3 is 0 Å². The van der Waals surface area contributed by atoms with Gasteiger partial charge in [-0.3, -0.25) is 0 Å². The molecule has 17 heavy (non-hydrogen) atoms. The summed E-state index contributed by atoms with van der Waals surface area (Å²) < 4.78 is 18.6. The fourth-order valence-corrected chi connectivity index (χ4v) is 2.43. The van der Waals surface area contributed by atoms with Crippen molar-refractivity contribution in [1.29, 1.82) is 0 Å². The van der Waals surface area contributed by atoms with E-state index >= 15 is 0 Å². The van der Waals surface area contributed by atoms with Gasteiger partial charge in [0.05, 0.1) is 18.8 Å². The highest BCUT2D eigenvalue weighted by molar-refractivity contribution is 5.20. The zero-order valence-electron chi connectivity index (χ0n) is 10.1. The van der Waals surface area contributed by atoms with E-state index in [1.165, 1.54) is 12.1 Å². The first kappa shape index (κ1) is 12.5. The summed E-state index contributed by atoms with van der Waals surface area (Å²) in [5.74, 6) is -0.193. The maximum absolute atomic E-state index is 12.8. The number of ether oxygens (including phenoxy) is 1. The van der Waals surface area contributed by atoms with Crippen LogP contribution in [-0.4, -0.2) is 23.9 Å². The number of hydrogen-bond acceptors (Lipinski definition) is 2. The van der Waals surface area contributed by atoms with Crippen LogP contribution in [0.5, 0.6) is 0 Å². The molecule has 0 spiro atoms. The average Bonchev–Trinajstić information content (AvgIpc) is 2.73. The Morgan fingerprint density at radius 1 is 1.35 bits per heavy atom. The van der Waals surface area contributed by atoms with E-state index in [-0.39, 0.29) is 24.4 Å². The van der Waals surface area contributed by atoms with E-state index in [9.17, 15) is 9.50 Å². The summed E-state index contributed by atoms with van der Waals surface area (Å²) in [7, 11) is 0. The largest absolute Gasteiger partial charge is 0.396 e. The molecule has 1 aliphatic heterocycles. The first-order chi connectivity index (χ1) is 8.19. The molecule has 0 amide bonds. The summed E-state index contributed by atoms with van der Waals surface area (Å²) in [4.78, 5) is 0. The Morgan fingerprint density at radius 3 is 2.59 bits per heavy atom. The molecule has 1 N–H and O–H groups in total. The molecule has 1 saturated heterocycles. The summed E-state index contributed by atoms with van der Waals surface area (Å²) >= 11 is 0. The molecule has 0 aromatic heterocycles. The predicted octanol–water partition coefficient (Wildman–Crippen LogP) is 2.86. The molecule has 3 heteroatoms. The molecule has 3 unspecified atom stereocenters. The quantitative estimate of drug-likeness (QED) is 0.874. The van der Waals surface area contributed by atoms with Gasteiger partial charge in [-0.15, -0.1) is 0 Å². The Hall–Kier alpha value is -0.930. The van der Waals surface area contributed by atoms with Crippen LogP contribution in [0.25, 0.3) is 0 Å². The van der Waals surface area contributed by atoms with E-state index in [2.05, 4.69) is 6.92 Å². The highest BCUT2D eigenvalue weighted by Gasteiger charge is 2.25. The zero-order chi connectivity index (χ0) is 12.3. The predicted molar refractivity (Wildman–Crippen MR) is 64.4 cm³/mol. The van der Waals surface area contributed by atoms with Gasteiger partial charge < -0.3 is 9.84 Å². The van der Waals surface area contributed by atoms with Crippen molar-refractivity contribution < 1.29 is 14.2 Å². The van der Waals surface area contributed by atoms with E-state index in [1.54, 1.807) is 12.1 Å². The minimum absolute atomic E-state index is 0.0471. The van der Waals surface area contributed by atoms with Crippen molar-refractivity contribution >= 4 is 0 Å². The lowest BCUT2D eigenvalue weighted by molar-refractivity contribution is 0.0423. The van der Waals surface area contributed by atoms with Crippen molar-refractivity contribution in [3.05, 3.63) is 35.6 Å². The Labute approximate surface area is 101 Å². The third-order valence-corrected chi connectivity index (χ3v) is 3.43. The molecular weight excluding hydrogens is 219 g/mol. The standard InChI is InChI=1S/C14H19FO2/c1-10-2-7-14(17-10)8-12(9-16)11-3-5-13(15)6-4-11/h3-6,10,12,14,16H,2,7-9H2,1H3. The van der Waals surface area contributed by atoms with Crippen LogP contribution in [0.1, 0.15) is 37.7 Å². The van der Waals surface area contributed by atoms with E-state index in [4.69, 9.17) is 4.74 Å². The SMILES string of the molecule is CC1CCC(CC(CO)c2ccc(F)cc2)O1. The van der Waals surface area contributed by atoms with E-state index < -0.39 is 0 Å². The Kier molecular flexibility index (Phi) is 4.13. The first-order valence-corrected chi connectivity index (χ1v) is 6.21. The lowest BCUT2D eigenvalue weighted by atomic mass is 9.93. The molecule has 94 valence electrons. The van der Waals surface area contributed by atoms with Crippen molar-refractivity contribution in [1.82, 2.24) is 0 Å². The summed E-state index contributed by atoms with van der Waals surface area (Å²) in [5, 5.41) is 9.43. The number of hydrogen-bond donors (Lipinski definition) is 1. The van der Waals surface area contributed by atoms with Crippen molar-refractivity contribution in [3.8, 4) is 0 Å². The van der Waals surface area contributed by atoms with Crippen LogP contribution >= 0.6 is 0 Å². The van der Waals surface area contributed by atoms with E-state index in [1.807, 2.05) is 0 Å². The molecule has 1 aromatic rings. The maximum atomic E-state index is 12.8. The second-order valence-electron chi connectivity index (χ2n) is 4.81. The van der Waals surface area contributed by atoms with Crippen molar-refractivity contribution in [3.63, 3.8) is 0 Å². The molecule has 2 rings (SSSR count). The minimum atomic E-state index is -0.240. The highest BCUT2D eigenvalue weighted by atomic mass is 19.1. The first-order valence-electron chi connectivity index (χ1n) is 6.21. The van der Waals surface area contributed by atoms with Gasteiger partial charge in [0.2, 0.25) is 0 Å². The number of halogens is 1. The minimum Gasteiger partial charge on any atom is -0.396 e. The van der Waals surface area contributed by atoms with Crippen LogP contribution in [0.4, 0.5) is 4.39 Å². The molecular formula is C14H19FO2. The van der Waals surface area contributed by atoms with Gasteiger partial charge in [0.15, 0.2) is 0 Å². The third kappa shape index (κ3) is 3.27. The van der Waals surface area contributed by atoms with Gasteiger partial charge in [0.25, 0.3) is 0 Å². The lowest BCUT2D eigenvalue weighted by Crippen LogP contribution is -2.15. The van der Waals surface area contributed by atoms with Gasteiger partial charge in [-0.1, -0.05) is 12.1 Å². The molecule has 0 bridgehead atoms. The van der Waals surface area contributed by atoms with Gasteiger partial charge in [-0.2, -0.15) is 0 Å². The smallest absolute Gasteiger partial charge is 0.123 e. The Balaban J connectivity index is 1.98. The van der Waals surface area contributed by atoms with Crippen molar-refractivity contribution in [2.75, 3.05) is 6.61 Å². The Morgan fingerprint density at radius 2 is 2.06 bits per heavy atom. The average molecular weight is 238 g/mol. The molecule has 1 heterocycles. The van der Waals surface area contributed by atoms with Gasteiger partial charge in [-0.25, -0.2) is 4.39 Å². The van der Waals surface area contributed by atoms with Crippen LogP contribution in [0.15, 0.2) is 24.3 Å². The van der Waals surface area contributed by atoms with Gasteiger partial charge in [-0.05, 0) is 43.9 Å². The number of aliphatic hydroxyl groups excluding tert-OH is 1. The van der Waals surface area contributed by atoms with Crippen LogP contribution in [0, 0.1) is 5.82 Å². The topological polar surface area (TPSA) is 29.5 Å².